The number of aromatic nitrogens is 2. The summed E-state index contributed by atoms with van der Waals surface area (Å²) in [6.07, 6.45) is 4.64. The number of fused-ring (bicyclic) bond motifs is 1. The molecule has 164 valence electrons. The molecule has 2 heterocycles. The Hall–Kier alpha value is -3.95. The van der Waals surface area contributed by atoms with E-state index in [1.165, 1.54) is 0 Å². The third-order valence-electron chi connectivity index (χ3n) is 6.28. The average Bonchev–Trinajstić information content (AvgIpc) is 3.52. The van der Waals surface area contributed by atoms with Crippen molar-refractivity contribution in [2.24, 2.45) is 0 Å². The second-order valence-corrected chi connectivity index (χ2v) is 8.50. The van der Waals surface area contributed by atoms with Crippen molar-refractivity contribution in [3.63, 3.8) is 0 Å². The summed E-state index contributed by atoms with van der Waals surface area (Å²) >= 11 is 0. The first kappa shape index (κ1) is 20.9. The van der Waals surface area contributed by atoms with Crippen molar-refractivity contribution in [2.45, 2.75) is 25.6 Å². The molecule has 3 aromatic carbocycles. The van der Waals surface area contributed by atoms with Crippen molar-refractivity contribution in [2.75, 3.05) is 13.1 Å². The van der Waals surface area contributed by atoms with Crippen LogP contribution < -0.4 is 5.32 Å². The standard InChI is InChI=1S/C27H25N5O/c28-14-20-5-7-21(8-6-20)17-32-19-29-15-26(32)16-30-25-11-12-31(18-25)27(33)24-10-9-22-3-1-2-4-23(22)13-24/h1-10,13,15,19,25,30H,11-12,16-18H2/t25-/m1/s1. The Kier molecular flexibility index (Phi) is 5.88. The van der Waals surface area contributed by atoms with E-state index >= 15 is 0 Å². The third kappa shape index (κ3) is 4.64. The number of nitrogens with zero attached hydrogens (tertiary/aromatic N) is 4. The highest BCUT2D eigenvalue weighted by Crippen LogP contribution is 2.19. The normalized spacial score (nSPS) is 15.6. The molecule has 1 aliphatic rings. The van der Waals surface area contributed by atoms with Gasteiger partial charge in [0.2, 0.25) is 0 Å². The number of hydrogen-bond donors (Lipinski definition) is 1. The zero-order valence-electron chi connectivity index (χ0n) is 18.3. The van der Waals surface area contributed by atoms with Crippen LogP contribution in [0.15, 0.2) is 79.3 Å². The van der Waals surface area contributed by atoms with Gasteiger partial charge in [0.05, 0.1) is 23.7 Å². The molecule has 5 rings (SSSR count). The number of imidazole rings is 1. The molecule has 1 N–H and O–H groups in total. The van der Waals surface area contributed by atoms with Crippen molar-refractivity contribution in [3.05, 3.63) is 102 Å². The molecule has 0 spiro atoms. The molecule has 1 fully saturated rings. The number of amides is 1. The lowest BCUT2D eigenvalue weighted by atomic mass is 10.1. The van der Waals surface area contributed by atoms with Crippen LogP contribution in [-0.4, -0.2) is 39.5 Å². The van der Waals surface area contributed by atoms with Crippen LogP contribution in [0.5, 0.6) is 0 Å². The molecule has 0 radical (unpaired) electrons. The van der Waals surface area contributed by atoms with Crippen molar-refractivity contribution >= 4 is 16.7 Å². The highest BCUT2D eigenvalue weighted by atomic mass is 16.2. The smallest absolute Gasteiger partial charge is 0.253 e. The maximum absolute atomic E-state index is 13.0. The van der Waals surface area contributed by atoms with Crippen LogP contribution >= 0.6 is 0 Å². The minimum Gasteiger partial charge on any atom is -0.337 e. The molecule has 4 aromatic rings. The molecule has 6 heteroatoms. The van der Waals surface area contributed by atoms with Crippen LogP contribution in [0, 0.1) is 11.3 Å². The number of carbonyl (C=O) groups excluding carboxylic acids is 1. The van der Waals surface area contributed by atoms with Gasteiger partial charge in [-0.1, -0.05) is 42.5 Å². The number of nitrogens with one attached hydrogen (secondary N) is 1. The van der Waals surface area contributed by atoms with Gasteiger partial charge in [-0.05, 0) is 47.0 Å². The minimum atomic E-state index is 0.0934. The number of carbonyl (C=O) groups is 1. The summed E-state index contributed by atoms with van der Waals surface area (Å²) < 4.78 is 2.11. The van der Waals surface area contributed by atoms with E-state index in [2.05, 4.69) is 27.0 Å². The highest BCUT2D eigenvalue weighted by molar-refractivity contribution is 5.98. The Morgan fingerprint density at radius 3 is 2.73 bits per heavy atom. The summed E-state index contributed by atoms with van der Waals surface area (Å²) in [6, 6.07) is 24.1. The van der Waals surface area contributed by atoms with Gasteiger partial charge in [0.1, 0.15) is 0 Å². The van der Waals surface area contributed by atoms with Crippen LogP contribution in [-0.2, 0) is 13.1 Å². The molecule has 1 aromatic heterocycles. The predicted molar refractivity (Wildman–Crippen MR) is 128 cm³/mol. The molecular weight excluding hydrogens is 410 g/mol. The second kappa shape index (κ2) is 9.27. The number of likely N-dealkylation sites (tertiary alicyclic amines) is 1. The van der Waals surface area contributed by atoms with Crippen LogP contribution in [0.3, 0.4) is 0 Å². The van der Waals surface area contributed by atoms with E-state index < -0.39 is 0 Å². The minimum absolute atomic E-state index is 0.0934. The third-order valence-corrected chi connectivity index (χ3v) is 6.28. The van der Waals surface area contributed by atoms with Gasteiger partial charge in [-0.2, -0.15) is 5.26 Å². The van der Waals surface area contributed by atoms with Crippen molar-refractivity contribution in [1.29, 1.82) is 5.26 Å². The Labute approximate surface area is 193 Å². The van der Waals surface area contributed by atoms with E-state index in [9.17, 15) is 4.79 Å². The summed E-state index contributed by atoms with van der Waals surface area (Å²) in [5, 5.41) is 14.8. The molecule has 33 heavy (non-hydrogen) atoms. The molecule has 0 saturated carbocycles. The number of rotatable bonds is 6. The maximum Gasteiger partial charge on any atom is 0.253 e. The Morgan fingerprint density at radius 2 is 1.91 bits per heavy atom. The summed E-state index contributed by atoms with van der Waals surface area (Å²) in [5.41, 5.74) is 3.63. The molecule has 6 nitrogen and oxygen atoms in total. The highest BCUT2D eigenvalue weighted by Gasteiger charge is 2.27. The zero-order chi connectivity index (χ0) is 22.6. The van der Waals surface area contributed by atoms with Gasteiger partial charge in [0.15, 0.2) is 0 Å². The lowest BCUT2D eigenvalue weighted by Gasteiger charge is -2.18. The van der Waals surface area contributed by atoms with Crippen molar-refractivity contribution in [3.8, 4) is 6.07 Å². The monoisotopic (exact) mass is 435 g/mol. The molecule has 1 atom stereocenters. The Bertz CT molecular complexity index is 1320. The molecule has 0 aliphatic carbocycles. The fourth-order valence-corrected chi connectivity index (χ4v) is 4.38. The first-order valence-corrected chi connectivity index (χ1v) is 11.2. The molecule has 1 aliphatic heterocycles. The van der Waals surface area contributed by atoms with Gasteiger partial charge in [-0.15, -0.1) is 0 Å². The summed E-state index contributed by atoms with van der Waals surface area (Å²) in [5.74, 6) is 0.0934. The largest absolute Gasteiger partial charge is 0.337 e. The quantitative estimate of drug-likeness (QED) is 0.498. The van der Waals surface area contributed by atoms with Gasteiger partial charge in [-0.25, -0.2) is 4.98 Å². The summed E-state index contributed by atoms with van der Waals surface area (Å²) in [7, 11) is 0. The molecule has 0 unspecified atom stereocenters. The number of hydrogen-bond acceptors (Lipinski definition) is 4. The van der Waals surface area contributed by atoms with Crippen LogP contribution in [0.1, 0.15) is 33.6 Å². The van der Waals surface area contributed by atoms with E-state index in [0.29, 0.717) is 25.2 Å². The maximum atomic E-state index is 13.0. The lowest BCUT2D eigenvalue weighted by molar-refractivity contribution is 0.0789. The van der Waals surface area contributed by atoms with Crippen LogP contribution in [0.2, 0.25) is 0 Å². The Morgan fingerprint density at radius 1 is 1.09 bits per heavy atom. The molecule has 1 amide bonds. The van der Waals surface area contributed by atoms with Gasteiger partial charge < -0.3 is 14.8 Å². The van der Waals surface area contributed by atoms with Crippen molar-refractivity contribution < 1.29 is 4.79 Å². The number of nitriles is 1. The predicted octanol–water partition coefficient (Wildman–Crippen LogP) is 3.96. The average molecular weight is 436 g/mol. The number of benzene rings is 3. The first-order chi connectivity index (χ1) is 16.2. The topological polar surface area (TPSA) is 74.0 Å². The summed E-state index contributed by atoms with van der Waals surface area (Å²) in [4.78, 5) is 19.3. The second-order valence-electron chi connectivity index (χ2n) is 8.50. The zero-order valence-corrected chi connectivity index (χ0v) is 18.3. The fourth-order valence-electron chi connectivity index (χ4n) is 4.38. The van der Waals surface area contributed by atoms with Crippen LogP contribution in [0.4, 0.5) is 0 Å². The van der Waals surface area contributed by atoms with Gasteiger partial charge >= 0.3 is 0 Å². The lowest BCUT2D eigenvalue weighted by Crippen LogP contribution is -2.35. The van der Waals surface area contributed by atoms with Gasteiger partial charge in [-0.3, -0.25) is 4.79 Å². The van der Waals surface area contributed by atoms with Crippen LogP contribution in [0.25, 0.3) is 10.8 Å². The summed E-state index contributed by atoms with van der Waals surface area (Å²) in [6.45, 7) is 2.86. The molecule has 1 saturated heterocycles. The van der Waals surface area contributed by atoms with E-state index in [1.807, 2.05) is 78.1 Å². The van der Waals surface area contributed by atoms with Gasteiger partial charge in [0.25, 0.3) is 5.91 Å². The van der Waals surface area contributed by atoms with E-state index in [0.717, 1.165) is 40.6 Å². The molecular formula is C27H25N5O. The first-order valence-electron chi connectivity index (χ1n) is 11.2. The molecule has 0 bridgehead atoms. The van der Waals surface area contributed by atoms with E-state index in [4.69, 9.17) is 5.26 Å². The SMILES string of the molecule is N#Cc1ccc(Cn2cncc2CN[C@@H]2CCN(C(=O)c3ccc4ccccc4c3)C2)cc1. The fraction of sp³-hybridized carbons (Fsp3) is 0.222. The van der Waals surface area contributed by atoms with Gasteiger partial charge in [0, 0.05) is 44.0 Å². The van der Waals surface area contributed by atoms with E-state index in [-0.39, 0.29) is 11.9 Å². The Balaban J connectivity index is 1.18. The van der Waals surface area contributed by atoms with Crippen molar-refractivity contribution in [1.82, 2.24) is 19.8 Å². The van der Waals surface area contributed by atoms with E-state index in [1.54, 1.807) is 0 Å².